The minimum Gasteiger partial charge on any atom is -0.304 e. The number of rotatable bonds is 5. The average molecular weight is 251 g/mol. The second kappa shape index (κ2) is 5.37. The van der Waals surface area contributed by atoms with E-state index in [-0.39, 0.29) is 6.04 Å². The van der Waals surface area contributed by atoms with E-state index in [1.165, 1.54) is 16.4 Å². The number of hydrogen-bond acceptors (Lipinski definition) is 5. The van der Waals surface area contributed by atoms with Crippen LogP contribution in [0.1, 0.15) is 36.2 Å². The van der Waals surface area contributed by atoms with Crippen LogP contribution in [0.5, 0.6) is 0 Å². The number of nitrogens with zero attached hydrogens (tertiary/aromatic N) is 4. The third-order valence-electron chi connectivity index (χ3n) is 2.75. The molecule has 17 heavy (non-hydrogen) atoms. The fourth-order valence-corrected chi connectivity index (χ4v) is 2.71. The number of aryl methyl sites for hydroxylation is 2. The van der Waals surface area contributed by atoms with Crippen molar-refractivity contribution in [1.29, 1.82) is 0 Å². The Balaban J connectivity index is 2.39. The number of aromatic nitrogens is 4. The smallest absolute Gasteiger partial charge is 0.0876 e. The van der Waals surface area contributed by atoms with Gasteiger partial charge in [0, 0.05) is 13.2 Å². The molecule has 0 aliphatic heterocycles. The zero-order valence-electron chi connectivity index (χ0n) is 10.3. The maximum Gasteiger partial charge on any atom is 0.0876 e. The van der Waals surface area contributed by atoms with Crippen LogP contribution in [0.25, 0.3) is 0 Å². The van der Waals surface area contributed by atoms with E-state index < -0.39 is 0 Å². The lowest BCUT2D eigenvalue weighted by Crippen LogP contribution is -2.24. The Bertz CT molecular complexity index is 476. The first-order chi connectivity index (χ1) is 8.27. The molecular formula is C11H17N5S. The Hall–Kier alpha value is -1.27. The molecule has 1 atom stereocenters. The van der Waals surface area contributed by atoms with Crippen LogP contribution in [0.4, 0.5) is 0 Å². The molecule has 0 saturated heterocycles. The number of nitrogens with one attached hydrogen (secondary N) is 1. The fourth-order valence-electron chi connectivity index (χ4n) is 1.88. The summed E-state index contributed by atoms with van der Waals surface area (Å²) in [5, 5.41) is 11.9. The molecule has 2 rings (SSSR count). The minimum absolute atomic E-state index is 0.141. The lowest BCUT2D eigenvalue weighted by atomic mass is 10.1. The maximum absolute atomic E-state index is 4.23. The van der Waals surface area contributed by atoms with Gasteiger partial charge in [-0.2, -0.15) is 5.10 Å². The van der Waals surface area contributed by atoms with Crippen molar-refractivity contribution in [1.82, 2.24) is 24.7 Å². The normalized spacial score (nSPS) is 12.9. The molecule has 2 heterocycles. The Kier molecular flexibility index (Phi) is 3.86. The van der Waals surface area contributed by atoms with Crippen LogP contribution < -0.4 is 5.32 Å². The van der Waals surface area contributed by atoms with E-state index in [1.807, 2.05) is 24.0 Å². The van der Waals surface area contributed by atoms with Crippen LogP contribution >= 0.6 is 11.5 Å². The topological polar surface area (TPSA) is 55.6 Å². The zero-order chi connectivity index (χ0) is 12.3. The Morgan fingerprint density at radius 1 is 1.47 bits per heavy atom. The lowest BCUT2D eigenvalue weighted by Gasteiger charge is -2.17. The summed E-state index contributed by atoms with van der Waals surface area (Å²) >= 11 is 1.46. The second-order valence-corrected chi connectivity index (χ2v) is 4.59. The van der Waals surface area contributed by atoms with Crippen LogP contribution in [0.2, 0.25) is 0 Å². The van der Waals surface area contributed by atoms with Gasteiger partial charge in [-0.1, -0.05) is 18.3 Å². The quantitative estimate of drug-likeness (QED) is 0.875. The van der Waals surface area contributed by atoms with Crippen LogP contribution in [-0.2, 0) is 13.5 Å². The molecule has 0 amide bonds. The highest BCUT2D eigenvalue weighted by atomic mass is 32.1. The summed E-state index contributed by atoms with van der Waals surface area (Å²) < 4.78 is 5.95. The molecule has 1 unspecified atom stereocenters. The van der Waals surface area contributed by atoms with Crippen LogP contribution in [0.3, 0.4) is 0 Å². The molecule has 1 N–H and O–H groups in total. The standard InChI is InChI=1S/C11H17N5S/c1-4-8-11(17-15-14-8)10(12-5-2)9-6-7-13-16(9)3/h6-7,10,12H,4-5H2,1-3H3. The number of hydrogen-bond donors (Lipinski definition) is 1. The van der Waals surface area contributed by atoms with Gasteiger partial charge in [0.2, 0.25) is 0 Å². The van der Waals surface area contributed by atoms with Crippen molar-refractivity contribution in [2.75, 3.05) is 6.54 Å². The molecule has 0 fully saturated rings. The molecule has 0 spiro atoms. The van der Waals surface area contributed by atoms with E-state index in [2.05, 4.69) is 33.8 Å². The van der Waals surface area contributed by atoms with E-state index >= 15 is 0 Å². The van der Waals surface area contributed by atoms with Gasteiger partial charge in [0.05, 0.1) is 22.3 Å². The fraction of sp³-hybridized carbons (Fsp3) is 0.545. The molecule has 6 heteroatoms. The highest BCUT2D eigenvalue weighted by molar-refractivity contribution is 7.05. The van der Waals surface area contributed by atoms with Gasteiger partial charge in [-0.25, -0.2) is 0 Å². The van der Waals surface area contributed by atoms with Crippen molar-refractivity contribution in [3.8, 4) is 0 Å². The van der Waals surface area contributed by atoms with Crippen molar-refractivity contribution >= 4 is 11.5 Å². The predicted octanol–water partition coefficient (Wildman–Crippen LogP) is 1.53. The zero-order valence-corrected chi connectivity index (χ0v) is 11.2. The van der Waals surface area contributed by atoms with Gasteiger partial charge < -0.3 is 5.32 Å². The van der Waals surface area contributed by atoms with Crippen molar-refractivity contribution in [2.24, 2.45) is 7.05 Å². The summed E-state index contributed by atoms with van der Waals surface area (Å²) in [6.07, 6.45) is 2.73. The summed E-state index contributed by atoms with van der Waals surface area (Å²) in [6.45, 7) is 5.10. The summed E-state index contributed by atoms with van der Waals surface area (Å²) in [5.74, 6) is 0. The third kappa shape index (κ3) is 2.37. The molecule has 0 aromatic carbocycles. The summed E-state index contributed by atoms with van der Waals surface area (Å²) in [6, 6.07) is 2.18. The van der Waals surface area contributed by atoms with Gasteiger partial charge in [-0.15, -0.1) is 5.10 Å². The highest BCUT2D eigenvalue weighted by Crippen LogP contribution is 2.26. The first-order valence-electron chi connectivity index (χ1n) is 5.80. The Labute approximate surface area is 105 Å². The third-order valence-corrected chi connectivity index (χ3v) is 3.58. The molecule has 0 aliphatic carbocycles. The SMILES string of the molecule is CCNC(c1snnc1CC)c1ccnn1C. The van der Waals surface area contributed by atoms with Gasteiger partial charge in [-0.05, 0) is 30.6 Å². The molecule has 2 aromatic rings. The summed E-state index contributed by atoms with van der Waals surface area (Å²) in [4.78, 5) is 1.19. The van der Waals surface area contributed by atoms with E-state index in [9.17, 15) is 0 Å². The second-order valence-electron chi connectivity index (χ2n) is 3.81. The van der Waals surface area contributed by atoms with Gasteiger partial charge in [-0.3, -0.25) is 4.68 Å². The van der Waals surface area contributed by atoms with Crippen LogP contribution in [-0.4, -0.2) is 25.9 Å². The van der Waals surface area contributed by atoms with Gasteiger partial charge in [0.15, 0.2) is 0 Å². The largest absolute Gasteiger partial charge is 0.304 e. The van der Waals surface area contributed by atoms with Crippen molar-refractivity contribution in [3.63, 3.8) is 0 Å². The maximum atomic E-state index is 4.23. The molecule has 0 bridgehead atoms. The van der Waals surface area contributed by atoms with Crippen LogP contribution in [0, 0.1) is 0 Å². The summed E-state index contributed by atoms with van der Waals surface area (Å²) in [5.41, 5.74) is 2.22. The molecule has 92 valence electrons. The molecule has 0 aliphatic rings. The summed E-state index contributed by atoms with van der Waals surface area (Å²) in [7, 11) is 1.96. The van der Waals surface area contributed by atoms with E-state index in [4.69, 9.17) is 0 Å². The molecule has 2 aromatic heterocycles. The minimum atomic E-state index is 0.141. The van der Waals surface area contributed by atoms with E-state index in [0.29, 0.717) is 0 Å². The lowest BCUT2D eigenvalue weighted by molar-refractivity contribution is 0.575. The first-order valence-corrected chi connectivity index (χ1v) is 6.57. The monoisotopic (exact) mass is 251 g/mol. The van der Waals surface area contributed by atoms with Crippen molar-refractivity contribution < 1.29 is 0 Å². The average Bonchev–Trinajstić information content (AvgIpc) is 2.94. The van der Waals surface area contributed by atoms with Crippen molar-refractivity contribution in [3.05, 3.63) is 28.5 Å². The Morgan fingerprint density at radius 3 is 2.88 bits per heavy atom. The van der Waals surface area contributed by atoms with Gasteiger partial charge in [0.1, 0.15) is 0 Å². The molecular weight excluding hydrogens is 234 g/mol. The first kappa shape index (κ1) is 12.2. The molecule has 5 nitrogen and oxygen atoms in total. The van der Waals surface area contributed by atoms with Gasteiger partial charge >= 0.3 is 0 Å². The predicted molar refractivity (Wildman–Crippen MR) is 68.0 cm³/mol. The van der Waals surface area contributed by atoms with E-state index in [0.717, 1.165) is 24.4 Å². The molecule has 0 radical (unpaired) electrons. The highest BCUT2D eigenvalue weighted by Gasteiger charge is 2.21. The Morgan fingerprint density at radius 2 is 2.29 bits per heavy atom. The van der Waals surface area contributed by atoms with E-state index in [1.54, 1.807) is 0 Å². The molecule has 0 saturated carbocycles. The van der Waals surface area contributed by atoms with Crippen molar-refractivity contribution in [2.45, 2.75) is 26.3 Å². The van der Waals surface area contributed by atoms with Crippen LogP contribution in [0.15, 0.2) is 12.3 Å². The van der Waals surface area contributed by atoms with Gasteiger partial charge in [0.25, 0.3) is 0 Å².